The monoisotopic (exact) mass is 298 g/mol. The second-order valence-electron chi connectivity index (χ2n) is 5.21. The van der Waals surface area contributed by atoms with Crippen LogP contribution >= 0.6 is 0 Å². The molecule has 1 aliphatic rings. The lowest BCUT2D eigenvalue weighted by Crippen LogP contribution is -2.45. The average molecular weight is 298 g/mol. The molecule has 1 saturated heterocycles. The fourth-order valence-corrected chi connectivity index (χ4v) is 3.56. The molecule has 0 aromatic carbocycles. The van der Waals surface area contributed by atoms with E-state index in [0.29, 0.717) is 32.1 Å². The van der Waals surface area contributed by atoms with Gasteiger partial charge < -0.3 is 5.73 Å². The summed E-state index contributed by atoms with van der Waals surface area (Å²) in [7, 11) is -3.41. The number of hydrogen-bond acceptors (Lipinski definition) is 4. The van der Waals surface area contributed by atoms with Gasteiger partial charge in [0.2, 0.25) is 0 Å². The number of nitrogens with two attached hydrogens (primary N) is 1. The van der Waals surface area contributed by atoms with Gasteiger partial charge >= 0.3 is 0 Å². The summed E-state index contributed by atoms with van der Waals surface area (Å²) in [6.45, 7) is 3.95. The van der Waals surface area contributed by atoms with E-state index in [1.165, 1.54) is 4.31 Å². The number of pyridine rings is 1. The number of aryl methyl sites for hydroxylation is 1. The fourth-order valence-electron chi connectivity index (χ4n) is 2.35. The summed E-state index contributed by atoms with van der Waals surface area (Å²) in [5.41, 5.74) is 7.55. The van der Waals surface area contributed by atoms with Crippen LogP contribution in [0.5, 0.6) is 0 Å². The van der Waals surface area contributed by atoms with Crippen molar-refractivity contribution in [3.8, 4) is 0 Å². The lowest BCUT2D eigenvalue weighted by Gasteiger charge is -2.30. The summed E-state index contributed by atoms with van der Waals surface area (Å²) in [5.74, 6) is 0.448. The Morgan fingerprint density at radius 2 is 2.15 bits per heavy atom. The third-order valence-electron chi connectivity index (χ3n) is 3.83. The molecule has 0 amide bonds. The quantitative estimate of drug-likeness (QED) is 0.823. The van der Waals surface area contributed by atoms with Crippen molar-refractivity contribution in [3.05, 3.63) is 29.6 Å². The number of rotatable bonds is 5. The van der Waals surface area contributed by atoms with Crippen molar-refractivity contribution in [2.75, 3.05) is 19.6 Å². The van der Waals surface area contributed by atoms with Gasteiger partial charge in [0.1, 0.15) is 0 Å². The largest absolute Gasteiger partial charge is 0.330 e. The standard InChI is InChI=1S/C13H22N4O2S/c1-11-9-15-5-2-13(11)10-16-20(18,19)17-6-3-12(8-14)4-7-17/h2,5,9,12,16H,3-4,6-8,10,14H2,1H3. The second kappa shape index (κ2) is 6.62. The van der Waals surface area contributed by atoms with Gasteiger partial charge in [0.25, 0.3) is 10.2 Å². The first-order valence-electron chi connectivity index (χ1n) is 6.87. The maximum absolute atomic E-state index is 12.2. The van der Waals surface area contributed by atoms with Gasteiger partial charge in [-0.3, -0.25) is 4.98 Å². The number of piperidine rings is 1. The van der Waals surface area contributed by atoms with Gasteiger partial charge in [-0.1, -0.05) is 0 Å². The molecular formula is C13H22N4O2S. The Balaban J connectivity index is 1.93. The van der Waals surface area contributed by atoms with Crippen molar-refractivity contribution >= 4 is 10.2 Å². The van der Waals surface area contributed by atoms with Gasteiger partial charge in [0.05, 0.1) is 0 Å². The van der Waals surface area contributed by atoms with Crippen molar-refractivity contribution in [2.45, 2.75) is 26.3 Å². The van der Waals surface area contributed by atoms with E-state index in [4.69, 9.17) is 5.73 Å². The highest BCUT2D eigenvalue weighted by molar-refractivity contribution is 7.87. The second-order valence-corrected chi connectivity index (χ2v) is 6.96. The summed E-state index contributed by atoms with van der Waals surface area (Å²) < 4.78 is 28.6. The van der Waals surface area contributed by atoms with E-state index < -0.39 is 10.2 Å². The van der Waals surface area contributed by atoms with Gasteiger partial charge in [0, 0.05) is 32.0 Å². The highest BCUT2D eigenvalue weighted by Gasteiger charge is 2.27. The molecule has 1 aliphatic heterocycles. The van der Waals surface area contributed by atoms with Crippen LogP contribution in [0.2, 0.25) is 0 Å². The molecule has 0 radical (unpaired) electrons. The molecule has 1 aromatic rings. The highest BCUT2D eigenvalue weighted by atomic mass is 32.2. The molecule has 6 nitrogen and oxygen atoms in total. The molecule has 0 unspecified atom stereocenters. The Morgan fingerprint density at radius 1 is 1.45 bits per heavy atom. The first-order valence-corrected chi connectivity index (χ1v) is 8.31. The minimum Gasteiger partial charge on any atom is -0.330 e. The van der Waals surface area contributed by atoms with Crippen LogP contribution in [0.25, 0.3) is 0 Å². The summed E-state index contributed by atoms with van der Waals surface area (Å²) in [4.78, 5) is 4.00. The number of aromatic nitrogens is 1. The minimum absolute atomic E-state index is 0.299. The normalized spacial score (nSPS) is 18.3. The van der Waals surface area contributed by atoms with Gasteiger partial charge in [-0.15, -0.1) is 0 Å². The topological polar surface area (TPSA) is 88.3 Å². The maximum atomic E-state index is 12.2. The van der Waals surface area contributed by atoms with Crippen molar-refractivity contribution in [2.24, 2.45) is 11.7 Å². The van der Waals surface area contributed by atoms with Crippen LogP contribution < -0.4 is 10.5 Å². The Bertz CT molecular complexity index is 539. The zero-order valence-corrected chi connectivity index (χ0v) is 12.6. The Morgan fingerprint density at radius 3 is 2.75 bits per heavy atom. The minimum atomic E-state index is -3.41. The van der Waals surface area contributed by atoms with Gasteiger partial charge in [0.15, 0.2) is 0 Å². The van der Waals surface area contributed by atoms with Crippen LogP contribution in [-0.2, 0) is 16.8 Å². The smallest absolute Gasteiger partial charge is 0.279 e. The Kier molecular flexibility index (Phi) is 5.09. The molecule has 3 N–H and O–H groups in total. The maximum Gasteiger partial charge on any atom is 0.279 e. The van der Waals surface area contributed by atoms with Crippen LogP contribution in [0.4, 0.5) is 0 Å². The summed E-state index contributed by atoms with van der Waals surface area (Å²) in [5, 5.41) is 0. The summed E-state index contributed by atoms with van der Waals surface area (Å²) >= 11 is 0. The number of nitrogens with zero attached hydrogens (tertiary/aromatic N) is 2. The lowest BCUT2D eigenvalue weighted by atomic mass is 9.99. The van der Waals surface area contributed by atoms with E-state index in [0.717, 1.165) is 24.0 Å². The third-order valence-corrected chi connectivity index (χ3v) is 5.38. The average Bonchev–Trinajstić information content (AvgIpc) is 2.46. The van der Waals surface area contributed by atoms with E-state index in [1.54, 1.807) is 12.4 Å². The molecule has 1 aromatic heterocycles. The lowest BCUT2D eigenvalue weighted by molar-refractivity contribution is 0.275. The molecular weight excluding hydrogens is 276 g/mol. The molecule has 2 rings (SSSR count). The summed E-state index contributed by atoms with van der Waals surface area (Å²) in [6, 6.07) is 1.83. The predicted molar refractivity (Wildman–Crippen MR) is 78.1 cm³/mol. The van der Waals surface area contributed by atoms with E-state index in [1.807, 2.05) is 13.0 Å². The van der Waals surface area contributed by atoms with Crippen LogP contribution in [0.15, 0.2) is 18.5 Å². The molecule has 2 heterocycles. The highest BCUT2D eigenvalue weighted by Crippen LogP contribution is 2.18. The molecule has 0 bridgehead atoms. The third kappa shape index (κ3) is 3.76. The molecule has 0 spiro atoms. The molecule has 0 aliphatic carbocycles. The number of nitrogens with one attached hydrogen (secondary N) is 1. The number of hydrogen-bond donors (Lipinski definition) is 2. The van der Waals surface area contributed by atoms with Crippen LogP contribution in [0, 0.1) is 12.8 Å². The Labute approximate surface area is 120 Å². The van der Waals surface area contributed by atoms with Crippen molar-refractivity contribution in [1.29, 1.82) is 0 Å². The van der Waals surface area contributed by atoms with Crippen molar-refractivity contribution in [1.82, 2.24) is 14.0 Å². The predicted octanol–water partition coefficient (Wildman–Crippen LogP) is 0.395. The van der Waals surface area contributed by atoms with E-state index >= 15 is 0 Å². The van der Waals surface area contributed by atoms with Gasteiger partial charge in [-0.05, 0) is 49.4 Å². The fraction of sp³-hybridized carbons (Fsp3) is 0.615. The SMILES string of the molecule is Cc1cnccc1CNS(=O)(=O)N1CCC(CN)CC1. The van der Waals surface area contributed by atoms with Crippen molar-refractivity contribution in [3.63, 3.8) is 0 Å². The Hall–Kier alpha value is -1.02. The van der Waals surface area contributed by atoms with E-state index in [-0.39, 0.29) is 0 Å². The zero-order chi connectivity index (χ0) is 14.6. The van der Waals surface area contributed by atoms with Gasteiger partial charge in [-0.25, -0.2) is 0 Å². The molecule has 0 atom stereocenters. The van der Waals surface area contributed by atoms with Crippen LogP contribution in [0.3, 0.4) is 0 Å². The molecule has 7 heteroatoms. The van der Waals surface area contributed by atoms with E-state index in [2.05, 4.69) is 9.71 Å². The molecule has 0 saturated carbocycles. The molecule has 20 heavy (non-hydrogen) atoms. The first-order chi connectivity index (χ1) is 9.53. The van der Waals surface area contributed by atoms with Crippen LogP contribution in [0.1, 0.15) is 24.0 Å². The molecule has 112 valence electrons. The van der Waals surface area contributed by atoms with Crippen LogP contribution in [-0.4, -0.2) is 37.3 Å². The van der Waals surface area contributed by atoms with E-state index in [9.17, 15) is 8.42 Å². The first kappa shape index (κ1) is 15.4. The zero-order valence-electron chi connectivity index (χ0n) is 11.7. The summed E-state index contributed by atoms with van der Waals surface area (Å²) in [6.07, 6.45) is 5.08. The van der Waals surface area contributed by atoms with Crippen molar-refractivity contribution < 1.29 is 8.42 Å². The van der Waals surface area contributed by atoms with Gasteiger partial charge in [-0.2, -0.15) is 17.4 Å². The molecule has 1 fully saturated rings.